The number of nitrogens with zero attached hydrogens (tertiary/aromatic N) is 3. The number of aromatic nitrogens is 1. The molecule has 1 saturated heterocycles. The first-order chi connectivity index (χ1) is 14.2. The summed E-state index contributed by atoms with van der Waals surface area (Å²) in [6, 6.07) is 22.7. The molecule has 1 fully saturated rings. The Labute approximate surface area is 172 Å². The highest BCUT2D eigenvalue weighted by molar-refractivity contribution is 5.95. The molecular weight excluding hydrogens is 358 g/mol. The van der Waals surface area contributed by atoms with Gasteiger partial charge in [0.15, 0.2) is 0 Å². The van der Waals surface area contributed by atoms with Crippen LogP contribution in [-0.4, -0.2) is 35.9 Å². The summed E-state index contributed by atoms with van der Waals surface area (Å²) in [6.45, 7) is 1.63. The Morgan fingerprint density at radius 3 is 2.31 bits per heavy atom. The first-order valence-electron chi connectivity index (χ1n) is 10.3. The van der Waals surface area contributed by atoms with Crippen LogP contribution in [-0.2, 0) is 6.42 Å². The van der Waals surface area contributed by atoms with E-state index in [1.165, 1.54) is 5.56 Å². The van der Waals surface area contributed by atoms with Crippen LogP contribution in [0.15, 0.2) is 79.1 Å². The second-order valence-corrected chi connectivity index (χ2v) is 7.75. The van der Waals surface area contributed by atoms with E-state index in [1.54, 1.807) is 12.4 Å². The predicted octanol–water partition coefficient (Wildman–Crippen LogP) is 4.94. The highest BCUT2D eigenvalue weighted by atomic mass is 16.2. The normalized spacial score (nSPS) is 14.6. The average Bonchev–Trinajstić information content (AvgIpc) is 2.80. The van der Waals surface area contributed by atoms with Gasteiger partial charge in [-0.05, 0) is 48.9 Å². The lowest BCUT2D eigenvalue weighted by Crippen LogP contribution is -2.39. The Kier molecular flexibility index (Phi) is 5.89. The molecule has 1 aliphatic rings. The van der Waals surface area contributed by atoms with Crippen LogP contribution in [0.2, 0.25) is 0 Å². The summed E-state index contributed by atoms with van der Waals surface area (Å²) in [5.41, 5.74) is 4.03. The van der Waals surface area contributed by atoms with E-state index in [2.05, 4.69) is 40.2 Å². The molecule has 0 radical (unpaired) electrons. The van der Waals surface area contributed by atoms with E-state index in [1.807, 2.05) is 48.3 Å². The molecule has 148 valence electrons. The van der Waals surface area contributed by atoms with E-state index in [0.29, 0.717) is 11.5 Å². The fourth-order valence-electron chi connectivity index (χ4n) is 4.00. The zero-order valence-corrected chi connectivity index (χ0v) is 16.9. The van der Waals surface area contributed by atoms with Crippen LogP contribution in [0.25, 0.3) is 0 Å². The summed E-state index contributed by atoms with van der Waals surface area (Å²) < 4.78 is 0. The van der Waals surface area contributed by atoms with Gasteiger partial charge in [0.1, 0.15) is 0 Å². The van der Waals surface area contributed by atoms with Gasteiger partial charge in [-0.3, -0.25) is 9.78 Å². The molecule has 0 unspecified atom stereocenters. The minimum absolute atomic E-state index is 0.0824. The third-order valence-corrected chi connectivity index (χ3v) is 5.77. The number of anilines is 2. The van der Waals surface area contributed by atoms with E-state index in [0.717, 1.165) is 43.7 Å². The molecule has 2 aromatic carbocycles. The van der Waals surface area contributed by atoms with Crippen molar-refractivity contribution >= 4 is 17.3 Å². The monoisotopic (exact) mass is 385 g/mol. The number of hydrogen-bond acceptors (Lipinski definition) is 3. The molecule has 0 aliphatic carbocycles. The van der Waals surface area contributed by atoms with Crippen LogP contribution in [0, 0.1) is 5.92 Å². The summed E-state index contributed by atoms with van der Waals surface area (Å²) in [7, 11) is 2.00. The molecule has 4 nitrogen and oxygen atoms in total. The Morgan fingerprint density at radius 2 is 1.62 bits per heavy atom. The molecule has 1 aromatic heterocycles. The molecule has 29 heavy (non-hydrogen) atoms. The number of hydrogen-bond donors (Lipinski definition) is 0. The van der Waals surface area contributed by atoms with Gasteiger partial charge in [-0.2, -0.15) is 0 Å². The van der Waals surface area contributed by atoms with Gasteiger partial charge < -0.3 is 9.80 Å². The third kappa shape index (κ3) is 4.65. The smallest absolute Gasteiger partial charge is 0.255 e. The second kappa shape index (κ2) is 8.91. The summed E-state index contributed by atoms with van der Waals surface area (Å²) >= 11 is 0. The Bertz CT molecular complexity index is 935. The van der Waals surface area contributed by atoms with Crippen molar-refractivity contribution in [3.8, 4) is 0 Å². The summed E-state index contributed by atoms with van der Waals surface area (Å²) in [5, 5.41) is 0. The number of amides is 1. The summed E-state index contributed by atoms with van der Waals surface area (Å²) in [6.07, 6.45) is 6.69. The Balaban J connectivity index is 1.39. The van der Waals surface area contributed by atoms with Gasteiger partial charge >= 0.3 is 0 Å². The van der Waals surface area contributed by atoms with Gasteiger partial charge in [-0.25, -0.2) is 0 Å². The lowest BCUT2D eigenvalue weighted by Gasteiger charge is -2.32. The molecular formula is C25H27N3O. The van der Waals surface area contributed by atoms with E-state index in [9.17, 15) is 4.79 Å². The number of para-hydroxylation sites is 1. The van der Waals surface area contributed by atoms with Crippen LogP contribution < -0.4 is 4.90 Å². The lowest BCUT2D eigenvalue weighted by atomic mass is 9.90. The van der Waals surface area contributed by atoms with Crippen molar-refractivity contribution in [2.45, 2.75) is 19.3 Å². The fourth-order valence-corrected chi connectivity index (χ4v) is 4.00. The first-order valence-corrected chi connectivity index (χ1v) is 10.3. The van der Waals surface area contributed by atoms with Crippen molar-refractivity contribution < 1.29 is 4.79 Å². The van der Waals surface area contributed by atoms with Crippen molar-refractivity contribution in [3.63, 3.8) is 0 Å². The quantitative estimate of drug-likeness (QED) is 0.624. The number of carbonyl (C=O) groups is 1. The van der Waals surface area contributed by atoms with Gasteiger partial charge in [0.2, 0.25) is 0 Å². The van der Waals surface area contributed by atoms with Gasteiger partial charge in [-0.1, -0.05) is 48.5 Å². The fraction of sp³-hybridized carbons (Fsp3) is 0.280. The molecule has 0 N–H and O–H groups in total. The molecule has 1 amide bonds. The molecule has 0 bridgehead atoms. The van der Waals surface area contributed by atoms with Gasteiger partial charge in [-0.15, -0.1) is 0 Å². The lowest BCUT2D eigenvalue weighted by molar-refractivity contribution is 0.0690. The minimum atomic E-state index is 0.0824. The van der Waals surface area contributed by atoms with E-state index in [4.69, 9.17) is 0 Å². The van der Waals surface area contributed by atoms with Crippen LogP contribution >= 0.6 is 0 Å². The van der Waals surface area contributed by atoms with E-state index < -0.39 is 0 Å². The van der Waals surface area contributed by atoms with Crippen molar-refractivity contribution in [1.29, 1.82) is 0 Å². The van der Waals surface area contributed by atoms with Crippen LogP contribution in [0.3, 0.4) is 0 Å². The molecule has 0 atom stereocenters. The van der Waals surface area contributed by atoms with Crippen molar-refractivity contribution in [3.05, 3.63) is 90.3 Å². The molecule has 0 saturated carbocycles. The number of carbonyl (C=O) groups excluding carboxylic acids is 1. The predicted molar refractivity (Wildman–Crippen MR) is 118 cm³/mol. The number of pyridine rings is 1. The molecule has 1 aliphatic heterocycles. The molecule has 0 spiro atoms. The van der Waals surface area contributed by atoms with Gasteiger partial charge in [0.05, 0.1) is 17.4 Å². The maximum atomic E-state index is 13.0. The number of rotatable bonds is 5. The zero-order valence-electron chi connectivity index (χ0n) is 16.9. The highest BCUT2D eigenvalue weighted by Crippen LogP contribution is 2.25. The molecule has 2 heterocycles. The largest absolute Gasteiger partial charge is 0.343 e. The standard InChI is InChI=1S/C25H27N3O/c1-27(23-10-6-3-7-11-23)24-17-22(18-26-19-24)25(29)28-14-12-21(13-15-28)16-20-8-4-2-5-9-20/h2-11,17-19,21H,12-16H2,1H3. The van der Waals surface area contributed by atoms with Crippen molar-refractivity contribution in [2.75, 3.05) is 25.0 Å². The zero-order chi connectivity index (χ0) is 20.1. The van der Waals surface area contributed by atoms with Gasteiger partial charge in [0.25, 0.3) is 5.91 Å². The SMILES string of the molecule is CN(c1ccccc1)c1cncc(C(=O)N2CCC(Cc3ccccc3)CC2)c1. The van der Waals surface area contributed by atoms with Crippen molar-refractivity contribution in [2.24, 2.45) is 5.92 Å². The molecule has 4 rings (SSSR count). The van der Waals surface area contributed by atoms with Crippen LogP contribution in [0.4, 0.5) is 11.4 Å². The first kappa shape index (κ1) is 19.2. The number of likely N-dealkylation sites (tertiary alicyclic amines) is 1. The van der Waals surface area contributed by atoms with Crippen LogP contribution in [0.5, 0.6) is 0 Å². The topological polar surface area (TPSA) is 36.4 Å². The summed E-state index contributed by atoms with van der Waals surface area (Å²) in [5.74, 6) is 0.731. The highest BCUT2D eigenvalue weighted by Gasteiger charge is 2.24. The minimum Gasteiger partial charge on any atom is -0.343 e. The van der Waals surface area contributed by atoms with E-state index in [-0.39, 0.29) is 5.91 Å². The third-order valence-electron chi connectivity index (χ3n) is 5.77. The number of piperidine rings is 1. The molecule has 3 aromatic rings. The van der Waals surface area contributed by atoms with Gasteiger partial charge in [0, 0.05) is 32.0 Å². The van der Waals surface area contributed by atoms with E-state index >= 15 is 0 Å². The average molecular weight is 386 g/mol. The van der Waals surface area contributed by atoms with Crippen LogP contribution in [0.1, 0.15) is 28.8 Å². The molecule has 4 heteroatoms. The maximum absolute atomic E-state index is 13.0. The number of benzene rings is 2. The second-order valence-electron chi connectivity index (χ2n) is 7.75. The maximum Gasteiger partial charge on any atom is 0.255 e. The Morgan fingerprint density at radius 1 is 0.966 bits per heavy atom. The summed E-state index contributed by atoms with van der Waals surface area (Å²) in [4.78, 5) is 21.4. The van der Waals surface area contributed by atoms with Crippen molar-refractivity contribution in [1.82, 2.24) is 9.88 Å². The Hall–Kier alpha value is -3.14.